The molecule has 21 heavy (non-hydrogen) atoms. The summed E-state index contributed by atoms with van der Waals surface area (Å²) in [5.74, 6) is -0.149. The number of hydrogen-bond donors (Lipinski definition) is 3. The molecule has 0 fully saturated rings. The van der Waals surface area contributed by atoms with Crippen LogP contribution < -0.4 is 21.5 Å². The summed E-state index contributed by atoms with van der Waals surface area (Å²) in [6.45, 7) is 0.419. The van der Waals surface area contributed by atoms with Crippen LogP contribution in [0.3, 0.4) is 0 Å². The van der Waals surface area contributed by atoms with Crippen molar-refractivity contribution >= 4 is 27.9 Å². The molecule has 0 radical (unpaired) electrons. The largest absolute Gasteiger partial charge is 0.481 e. The molecule has 0 aliphatic heterocycles. The number of thiophene rings is 1. The van der Waals surface area contributed by atoms with Crippen LogP contribution >= 0.6 is 11.3 Å². The van der Waals surface area contributed by atoms with Gasteiger partial charge in [0.2, 0.25) is 5.88 Å². The summed E-state index contributed by atoms with van der Waals surface area (Å²) in [4.78, 5) is 15.8. The highest BCUT2D eigenvalue weighted by Gasteiger charge is 2.19. The summed E-state index contributed by atoms with van der Waals surface area (Å²) in [6.07, 6.45) is 1.65. The van der Waals surface area contributed by atoms with Gasteiger partial charge in [-0.3, -0.25) is 4.79 Å². The average molecular weight is 303 g/mol. The van der Waals surface area contributed by atoms with Crippen LogP contribution in [0.1, 0.15) is 20.8 Å². The first kappa shape index (κ1) is 14.6. The van der Waals surface area contributed by atoms with E-state index in [9.17, 15) is 4.79 Å². The molecule has 0 saturated heterocycles. The highest BCUT2D eigenvalue weighted by atomic mass is 32.1. The molecular formula is C13H13N5O2S. The number of carbonyl (C=O) groups excluding carboxylic acids is 1. The van der Waals surface area contributed by atoms with Crippen molar-refractivity contribution in [2.24, 2.45) is 5.73 Å². The van der Waals surface area contributed by atoms with Gasteiger partial charge >= 0.3 is 0 Å². The number of ether oxygens (including phenoxy) is 1. The molecule has 1 amide bonds. The lowest BCUT2D eigenvalue weighted by atomic mass is 10.2. The fourth-order valence-corrected chi connectivity index (χ4v) is 2.63. The number of methoxy groups -OCH3 is 1. The van der Waals surface area contributed by atoms with Crippen LogP contribution in [0.4, 0.5) is 10.7 Å². The molecule has 0 aliphatic carbocycles. The molecule has 0 saturated carbocycles. The lowest BCUT2D eigenvalue weighted by molar-refractivity contribution is 0.100. The Morgan fingerprint density at radius 1 is 1.57 bits per heavy atom. The highest BCUT2D eigenvalue weighted by molar-refractivity contribution is 7.17. The van der Waals surface area contributed by atoms with Crippen molar-refractivity contribution < 1.29 is 9.53 Å². The van der Waals surface area contributed by atoms with Gasteiger partial charge < -0.3 is 21.5 Å². The van der Waals surface area contributed by atoms with E-state index in [0.717, 1.165) is 16.9 Å². The van der Waals surface area contributed by atoms with Gasteiger partial charge in [-0.1, -0.05) is 6.07 Å². The number of nitrogen functional groups attached to an aromatic ring is 1. The second kappa shape index (κ2) is 6.11. The number of nitrogens with one attached hydrogen (secondary N) is 1. The van der Waals surface area contributed by atoms with Gasteiger partial charge in [0.15, 0.2) is 0 Å². The first-order chi connectivity index (χ1) is 10.1. The average Bonchev–Trinajstić information content (AvgIpc) is 2.81. The van der Waals surface area contributed by atoms with Crippen LogP contribution in [-0.4, -0.2) is 18.0 Å². The van der Waals surface area contributed by atoms with Crippen LogP contribution in [0.5, 0.6) is 5.88 Å². The molecule has 2 heterocycles. The smallest absolute Gasteiger partial charge is 0.253 e. The zero-order valence-electron chi connectivity index (χ0n) is 11.2. The fraction of sp³-hybridized carbons (Fsp3) is 0.154. The number of amides is 1. The standard InChI is InChI=1S/C13H13N5O2S/c1-20-9-3-2-7(5-17-9)6-18-13-10(12(16)19)11(15)8(4-14)21-13/h2-3,5,18H,6,15H2,1H3,(H2,16,19). The first-order valence-corrected chi connectivity index (χ1v) is 6.73. The van der Waals surface area contributed by atoms with Crippen LogP contribution in [0, 0.1) is 11.3 Å². The number of nitrogens with two attached hydrogens (primary N) is 2. The van der Waals surface area contributed by atoms with Gasteiger partial charge in [-0.15, -0.1) is 11.3 Å². The summed E-state index contributed by atoms with van der Waals surface area (Å²) >= 11 is 1.10. The molecule has 2 aromatic heterocycles. The van der Waals surface area contributed by atoms with Crippen LogP contribution in [0.15, 0.2) is 18.3 Å². The van der Waals surface area contributed by atoms with E-state index in [4.69, 9.17) is 21.5 Å². The van der Waals surface area contributed by atoms with Crippen molar-refractivity contribution in [1.29, 1.82) is 5.26 Å². The molecular weight excluding hydrogens is 290 g/mol. The van der Waals surface area contributed by atoms with Gasteiger partial charge in [-0.25, -0.2) is 4.98 Å². The lowest BCUT2D eigenvalue weighted by Crippen LogP contribution is -2.14. The minimum Gasteiger partial charge on any atom is -0.481 e. The van der Waals surface area contributed by atoms with E-state index in [1.807, 2.05) is 12.1 Å². The van der Waals surface area contributed by atoms with Crippen molar-refractivity contribution in [2.75, 3.05) is 18.2 Å². The van der Waals surface area contributed by atoms with E-state index >= 15 is 0 Å². The summed E-state index contributed by atoms with van der Waals surface area (Å²) in [5.41, 5.74) is 12.2. The molecule has 2 rings (SSSR count). The third-order valence-corrected chi connectivity index (χ3v) is 3.82. The number of primary amides is 1. The summed E-state index contributed by atoms with van der Waals surface area (Å²) < 4.78 is 4.97. The Morgan fingerprint density at radius 2 is 2.33 bits per heavy atom. The van der Waals surface area contributed by atoms with Gasteiger partial charge in [-0.2, -0.15) is 5.26 Å². The highest BCUT2D eigenvalue weighted by Crippen LogP contribution is 2.35. The molecule has 0 aromatic carbocycles. The van der Waals surface area contributed by atoms with Crippen molar-refractivity contribution in [3.63, 3.8) is 0 Å². The molecule has 0 aliphatic rings. The third kappa shape index (κ3) is 3.04. The zero-order chi connectivity index (χ0) is 15.4. The SMILES string of the molecule is COc1ccc(CNc2sc(C#N)c(N)c2C(N)=O)cn1. The number of nitriles is 1. The van der Waals surface area contributed by atoms with Gasteiger partial charge in [0.1, 0.15) is 15.9 Å². The third-order valence-electron chi connectivity index (χ3n) is 2.75. The monoisotopic (exact) mass is 303 g/mol. The summed E-state index contributed by atoms with van der Waals surface area (Å²) in [7, 11) is 1.54. The molecule has 108 valence electrons. The molecule has 0 unspecified atom stereocenters. The Kier molecular flexibility index (Phi) is 4.25. The number of aromatic nitrogens is 1. The Balaban J connectivity index is 2.19. The molecule has 2 aromatic rings. The molecule has 0 bridgehead atoms. The van der Waals surface area contributed by atoms with Crippen LogP contribution in [0.25, 0.3) is 0 Å². The second-order valence-corrected chi connectivity index (χ2v) is 5.11. The molecule has 7 nitrogen and oxygen atoms in total. The molecule has 0 atom stereocenters. The number of pyridine rings is 1. The Labute approximate surface area is 125 Å². The summed E-state index contributed by atoms with van der Waals surface area (Å²) in [6, 6.07) is 5.51. The molecule has 5 N–H and O–H groups in total. The summed E-state index contributed by atoms with van der Waals surface area (Å²) in [5, 5.41) is 12.5. The van der Waals surface area contributed by atoms with E-state index in [1.165, 1.54) is 7.11 Å². The minimum absolute atomic E-state index is 0.116. The number of anilines is 2. The number of rotatable bonds is 5. The van der Waals surface area contributed by atoms with Crippen LogP contribution in [0.2, 0.25) is 0 Å². The van der Waals surface area contributed by atoms with Gasteiger partial charge in [0, 0.05) is 18.8 Å². The normalized spacial score (nSPS) is 9.90. The van der Waals surface area contributed by atoms with E-state index in [1.54, 1.807) is 12.3 Å². The predicted octanol–water partition coefficient (Wildman–Crippen LogP) is 1.32. The Morgan fingerprint density at radius 3 is 2.86 bits per heavy atom. The Bertz CT molecular complexity index is 703. The fourth-order valence-electron chi connectivity index (χ4n) is 1.71. The quantitative estimate of drug-likeness (QED) is 0.764. The topological polar surface area (TPSA) is 127 Å². The van der Waals surface area contributed by atoms with E-state index < -0.39 is 5.91 Å². The van der Waals surface area contributed by atoms with Crippen molar-refractivity contribution in [3.8, 4) is 11.9 Å². The molecule has 8 heteroatoms. The van der Waals surface area contributed by atoms with Crippen molar-refractivity contribution in [1.82, 2.24) is 4.98 Å². The first-order valence-electron chi connectivity index (χ1n) is 5.91. The molecule has 0 spiro atoms. The predicted molar refractivity (Wildman–Crippen MR) is 80.1 cm³/mol. The van der Waals surface area contributed by atoms with Gasteiger partial charge in [0.25, 0.3) is 5.91 Å². The van der Waals surface area contributed by atoms with Crippen LogP contribution in [-0.2, 0) is 6.54 Å². The lowest BCUT2D eigenvalue weighted by Gasteiger charge is -2.06. The van der Waals surface area contributed by atoms with E-state index in [0.29, 0.717) is 17.4 Å². The van der Waals surface area contributed by atoms with Gasteiger partial charge in [0.05, 0.1) is 18.4 Å². The van der Waals surface area contributed by atoms with E-state index in [2.05, 4.69) is 10.3 Å². The number of carbonyl (C=O) groups is 1. The van der Waals surface area contributed by atoms with Gasteiger partial charge in [-0.05, 0) is 5.56 Å². The number of nitrogens with zero attached hydrogens (tertiary/aromatic N) is 2. The second-order valence-electron chi connectivity index (χ2n) is 4.09. The Hall–Kier alpha value is -2.79. The van der Waals surface area contributed by atoms with Crippen molar-refractivity contribution in [2.45, 2.75) is 6.54 Å². The minimum atomic E-state index is -0.666. The van der Waals surface area contributed by atoms with E-state index in [-0.39, 0.29) is 16.1 Å². The maximum absolute atomic E-state index is 11.4. The number of hydrogen-bond acceptors (Lipinski definition) is 7. The maximum atomic E-state index is 11.4. The van der Waals surface area contributed by atoms with Crippen molar-refractivity contribution in [3.05, 3.63) is 34.3 Å². The zero-order valence-corrected chi connectivity index (χ0v) is 12.0. The maximum Gasteiger partial charge on any atom is 0.253 e.